The molecule has 0 saturated carbocycles. The van der Waals surface area contributed by atoms with Gasteiger partial charge in [-0.15, -0.1) is 11.3 Å². The van der Waals surface area contributed by atoms with E-state index in [4.69, 9.17) is 5.73 Å². The van der Waals surface area contributed by atoms with Gasteiger partial charge in [-0.3, -0.25) is 4.79 Å². The molecule has 5 nitrogen and oxygen atoms in total. The Balaban J connectivity index is 1.79. The lowest BCUT2D eigenvalue weighted by atomic mass is 9.88. The maximum Gasteiger partial charge on any atom is 0.254 e. The summed E-state index contributed by atoms with van der Waals surface area (Å²) >= 11 is 1.51. The van der Waals surface area contributed by atoms with Crippen molar-refractivity contribution in [2.24, 2.45) is 5.92 Å². The molecule has 0 aromatic carbocycles. The molecule has 2 aliphatic rings. The van der Waals surface area contributed by atoms with E-state index in [9.17, 15) is 13.2 Å². The third-order valence-corrected chi connectivity index (χ3v) is 7.19. The number of sulfone groups is 1. The number of nitrogens with one attached hydrogen (secondary N) is 1. The molecular weight excluding hydrogens is 308 g/mol. The maximum absolute atomic E-state index is 12.5. The number of hydrogen-bond acceptors (Lipinski definition) is 5. The number of thiophene rings is 1. The van der Waals surface area contributed by atoms with Gasteiger partial charge in [-0.2, -0.15) is 0 Å². The number of nitrogens with two attached hydrogens (primary N) is 1. The molecule has 2 atom stereocenters. The molecule has 0 spiro atoms. The normalized spacial score (nSPS) is 27.3. The number of carbonyl (C=O) groups is 1. The Morgan fingerprint density at radius 2 is 2.14 bits per heavy atom. The van der Waals surface area contributed by atoms with Crippen molar-refractivity contribution in [1.82, 2.24) is 5.32 Å². The zero-order valence-corrected chi connectivity index (χ0v) is 13.6. The monoisotopic (exact) mass is 328 g/mol. The average molecular weight is 328 g/mol. The molecule has 1 aromatic rings. The van der Waals surface area contributed by atoms with Crippen LogP contribution in [0.3, 0.4) is 0 Å². The lowest BCUT2D eigenvalue weighted by Gasteiger charge is -2.19. The zero-order chi connectivity index (χ0) is 15.2. The second-order valence-electron chi connectivity index (χ2n) is 6.16. The molecule has 1 aromatic heterocycles. The quantitative estimate of drug-likeness (QED) is 0.858. The van der Waals surface area contributed by atoms with Gasteiger partial charge >= 0.3 is 0 Å². The van der Waals surface area contributed by atoms with Crippen LogP contribution in [0.1, 0.15) is 40.6 Å². The Labute approximate surface area is 128 Å². The van der Waals surface area contributed by atoms with Crippen LogP contribution in [0.25, 0.3) is 0 Å². The third-order valence-electron chi connectivity index (χ3n) is 4.33. The number of anilines is 1. The number of hydrogen-bond donors (Lipinski definition) is 2. The van der Waals surface area contributed by atoms with Crippen molar-refractivity contribution < 1.29 is 13.2 Å². The zero-order valence-electron chi connectivity index (χ0n) is 12.0. The first kappa shape index (κ1) is 14.8. The van der Waals surface area contributed by atoms with E-state index in [0.717, 1.165) is 24.8 Å². The van der Waals surface area contributed by atoms with E-state index in [1.54, 1.807) is 0 Å². The van der Waals surface area contributed by atoms with Crippen LogP contribution in [0.4, 0.5) is 5.00 Å². The first-order chi connectivity index (χ1) is 9.85. The smallest absolute Gasteiger partial charge is 0.254 e. The van der Waals surface area contributed by atoms with E-state index < -0.39 is 9.84 Å². The first-order valence-corrected chi connectivity index (χ1v) is 9.91. The Kier molecular flexibility index (Phi) is 3.73. The highest BCUT2D eigenvalue weighted by atomic mass is 32.2. The molecule has 7 heteroatoms. The summed E-state index contributed by atoms with van der Waals surface area (Å²) in [6.45, 7) is 2.21. The predicted molar refractivity (Wildman–Crippen MR) is 84.4 cm³/mol. The van der Waals surface area contributed by atoms with Crippen LogP contribution in [0.15, 0.2) is 0 Å². The minimum Gasteiger partial charge on any atom is -0.390 e. The van der Waals surface area contributed by atoms with Crippen molar-refractivity contribution in [1.29, 1.82) is 0 Å². The lowest BCUT2D eigenvalue weighted by Crippen LogP contribution is -2.36. The largest absolute Gasteiger partial charge is 0.390 e. The van der Waals surface area contributed by atoms with Crippen LogP contribution in [-0.4, -0.2) is 31.9 Å². The summed E-state index contributed by atoms with van der Waals surface area (Å²) in [7, 11) is -2.99. The van der Waals surface area contributed by atoms with Gasteiger partial charge in [-0.25, -0.2) is 8.42 Å². The number of amides is 1. The van der Waals surface area contributed by atoms with Gasteiger partial charge in [0.25, 0.3) is 5.91 Å². The second-order valence-corrected chi connectivity index (χ2v) is 9.53. The fraction of sp³-hybridized carbons (Fsp3) is 0.643. The summed E-state index contributed by atoms with van der Waals surface area (Å²) in [6, 6.07) is -0.278. The summed E-state index contributed by atoms with van der Waals surface area (Å²) in [6.07, 6.45) is 3.43. The molecule has 2 heterocycles. The van der Waals surface area contributed by atoms with Gasteiger partial charge in [-0.05, 0) is 37.2 Å². The van der Waals surface area contributed by atoms with Gasteiger partial charge in [-0.1, -0.05) is 6.92 Å². The van der Waals surface area contributed by atoms with Crippen LogP contribution in [0.5, 0.6) is 0 Å². The van der Waals surface area contributed by atoms with Crippen LogP contribution in [0.2, 0.25) is 0 Å². The molecule has 116 valence electrons. The highest BCUT2D eigenvalue weighted by Crippen LogP contribution is 2.38. The van der Waals surface area contributed by atoms with Crippen LogP contribution in [-0.2, 0) is 22.7 Å². The Morgan fingerprint density at radius 3 is 2.81 bits per heavy atom. The Hall–Kier alpha value is -1.08. The highest BCUT2D eigenvalue weighted by molar-refractivity contribution is 7.91. The van der Waals surface area contributed by atoms with Gasteiger partial charge in [0.15, 0.2) is 9.84 Å². The number of carbonyl (C=O) groups excluding carboxylic acids is 1. The molecular formula is C14H20N2O3S2. The maximum atomic E-state index is 12.5. The van der Waals surface area contributed by atoms with E-state index in [-0.39, 0.29) is 23.5 Å². The molecule has 3 rings (SSSR count). The Bertz CT molecular complexity index is 679. The summed E-state index contributed by atoms with van der Waals surface area (Å²) in [5.41, 5.74) is 7.70. The van der Waals surface area contributed by atoms with Crippen LogP contribution >= 0.6 is 11.3 Å². The van der Waals surface area contributed by atoms with Crippen molar-refractivity contribution in [2.75, 3.05) is 17.2 Å². The van der Waals surface area contributed by atoms with Gasteiger partial charge < -0.3 is 11.1 Å². The topological polar surface area (TPSA) is 89.3 Å². The first-order valence-electron chi connectivity index (χ1n) is 7.27. The fourth-order valence-electron chi connectivity index (χ4n) is 3.19. The molecule has 21 heavy (non-hydrogen) atoms. The van der Waals surface area contributed by atoms with E-state index >= 15 is 0 Å². The van der Waals surface area contributed by atoms with Gasteiger partial charge in [0.05, 0.1) is 22.1 Å². The van der Waals surface area contributed by atoms with Crippen molar-refractivity contribution in [3.63, 3.8) is 0 Å². The number of fused-ring (bicyclic) bond motifs is 1. The van der Waals surface area contributed by atoms with E-state index in [2.05, 4.69) is 12.2 Å². The molecule has 1 aliphatic carbocycles. The second kappa shape index (κ2) is 5.28. The minimum absolute atomic E-state index is 0.0437. The highest BCUT2D eigenvalue weighted by Gasteiger charge is 2.32. The standard InChI is InChI=1S/C14H20N2O3S2/c1-8-2-3-10-11(6-8)20-13(15)12(10)14(17)16-9-4-5-21(18,19)7-9/h8-9H,2-7,15H2,1H3,(H,16,17)/t8-,9+/m1/s1. The van der Waals surface area contributed by atoms with Crippen molar-refractivity contribution in [3.8, 4) is 0 Å². The molecule has 1 saturated heterocycles. The summed E-state index contributed by atoms with van der Waals surface area (Å²) in [5, 5.41) is 3.41. The van der Waals surface area contributed by atoms with Crippen LogP contribution < -0.4 is 11.1 Å². The van der Waals surface area contributed by atoms with Crippen molar-refractivity contribution in [3.05, 3.63) is 16.0 Å². The minimum atomic E-state index is -2.99. The summed E-state index contributed by atoms with van der Waals surface area (Å²) < 4.78 is 22.9. The van der Waals surface area contributed by atoms with E-state index in [1.165, 1.54) is 16.2 Å². The summed E-state index contributed by atoms with van der Waals surface area (Å²) in [5.74, 6) is 0.627. The molecule has 3 N–H and O–H groups in total. The third kappa shape index (κ3) is 2.94. The molecule has 0 bridgehead atoms. The molecule has 0 unspecified atom stereocenters. The number of nitrogen functional groups attached to an aromatic ring is 1. The van der Waals surface area contributed by atoms with Gasteiger partial charge in [0.2, 0.25) is 0 Å². The van der Waals surface area contributed by atoms with Gasteiger partial charge in [0.1, 0.15) is 0 Å². The lowest BCUT2D eigenvalue weighted by molar-refractivity contribution is 0.0941. The average Bonchev–Trinajstić information content (AvgIpc) is 2.87. The van der Waals surface area contributed by atoms with Crippen LogP contribution in [0, 0.1) is 5.92 Å². The molecule has 0 radical (unpaired) electrons. The van der Waals surface area contributed by atoms with E-state index in [1.807, 2.05) is 0 Å². The van der Waals surface area contributed by atoms with E-state index in [0.29, 0.717) is 22.9 Å². The fourth-order valence-corrected chi connectivity index (χ4v) is 6.14. The Morgan fingerprint density at radius 1 is 1.38 bits per heavy atom. The molecule has 1 amide bonds. The summed E-state index contributed by atoms with van der Waals surface area (Å²) in [4.78, 5) is 13.7. The molecule has 1 aliphatic heterocycles. The predicted octanol–water partition coefficient (Wildman–Crippen LogP) is 1.37. The number of rotatable bonds is 2. The van der Waals surface area contributed by atoms with Crippen molar-refractivity contribution >= 4 is 32.1 Å². The SMILES string of the molecule is C[C@@H]1CCc2c(sc(N)c2C(=O)N[C@H]2CCS(=O)(=O)C2)C1. The molecule has 1 fully saturated rings. The van der Waals surface area contributed by atoms with Gasteiger partial charge in [0, 0.05) is 10.9 Å². The van der Waals surface area contributed by atoms with Crippen molar-refractivity contribution in [2.45, 2.75) is 38.6 Å².